The Hall–Kier alpha value is -2.31. The topological polar surface area (TPSA) is 106 Å². The fraction of sp³-hybridized carbons (Fsp3) is 0.200. The lowest BCUT2D eigenvalue weighted by molar-refractivity contribution is -0.0539. The number of halogens is 3. The summed E-state index contributed by atoms with van der Waals surface area (Å²) in [5.74, 6) is -1.07. The van der Waals surface area contributed by atoms with Crippen molar-refractivity contribution in [3.8, 4) is 11.6 Å². The third-order valence-electron chi connectivity index (χ3n) is 3.52. The molecule has 0 saturated carbocycles. The van der Waals surface area contributed by atoms with E-state index in [1.54, 1.807) is 24.5 Å². The molecule has 0 aliphatic rings. The van der Waals surface area contributed by atoms with Crippen molar-refractivity contribution in [2.24, 2.45) is 0 Å². The molecule has 1 aromatic carbocycles. The van der Waals surface area contributed by atoms with Gasteiger partial charge in [-0.3, -0.25) is 0 Å². The minimum absolute atomic E-state index is 0.0180. The zero-order valence-corrected chi connectivity index (χ0v) is 16.8. The number of hydrogen-bond donors (Lipinski definition) is 2. The number of nitrogens with zero attached hydrogens (tertiary/aromatic N) is 2. The van der Waals surface area contributed by atoms with Crippen molar-refractivity contribution >= 4 is 50.2 Å². The lowest BCUT2D eigenvalue weighted by Crippen LogP contribution is -2.16. The first-order valence-corrected chi connectivity index (χ1v) is 10.6. The van der Waals surface area contributed by atoms with E-state index in [9.17, 15) is 17.2 Å². The number of ether oxygens (including phenoxy) is 2. The highest BCUT2D eigenvalue weighted by Gasteiger charge is 2.24. The first-order chi connectivity index (χ1) is 13.2. The Morgan fingerprint density at radius 2 is 2.07 bits per heavy atom. The molecule has 28 heavy (non-hydrogen) atoms. The molecular weight excluding hydrogens is 438 g/mol. The lowest BCUT2D eigenvalue weighted by Gasteiger charge is -2.14. The number of H-pyrrole nitrogens is 1. The quantitative estimate of drug-likeness (QED) is 0.417. The summed E-state index contributed by atoms with van der Waals surface area (Å²) in [4.78, 5) is 10.5. The molecule has 0 radical (unpaired) electrons. The van der Waals surface area contributed by atoms with Crippen LogP contribution in [0.25, 0.3) is 10.9 Å². The molecule has 0 unspecified atom stereocenters. The molecule has 2 heterocycles. The second-order valence-electron chi connectivity index (χ2n) is 5.22. The number of benzene rings is 1. The van der Waals surface area contributed by atoms with Crippen LogP contribution in [0.4, 0.5) is 14.7 Å². The summed E-state index contributed by atoms with van der Waals surface area (Å²) in [6, 6.07) is 4.69. The van der Waals surface area contributed by atoms with Crippen molar-refractivity contribution in [2.75, 3.05) is 18.1 Å². The normalized spacial score (nSPS) is 11.8. The molecular formula is C15H13ClF2N4O4S2. The minimum Gasteiger partial charge on any atom is -0.478 e. The molecule has 0 aliphatic heterocycles. The molecule has 0 bridgehead atoms. The van der Waals surface area contributed by atoms with Crippen LogP contribution in [-0.4, -0.2) is 43.3 Å². The van der Waals surface area contributed by atoms with Gasteiger partial charge in [0.25, 0.3) is 15.9 Å². The average molecular weight is 451 g/mol. The number of fused-ring (bicyclic) bond motifs is 1. The summed E-state index contributed by atoms with van der Waals surface area (Å²) in [5.41, 5.74) is 0.525. The number of aromatic amines is 1. The van der Waals surface area contributed by atoms with E-state index in [1.165, 1.54) is 13.3 Å². The van der Waals surface area contributed by atoms with Gasteiger partial charge in [0.05, 0.1) is 7.11 Å². The van der Waals surface area contributed by atoms with Crippen LogP contribution in [0.1, 0.15) is 0 Å². The van der Waals surface area contributed by atoms with Crippen molar-refractivity contribution in [3.63, 3.8) is 0 Å². The van der Waals surface area contributed by atoms with Gasteiger partial charge in [-0.1, -0.05) is 11.6 Å². The maximum absolute atomic E-state index is 12.8. The molecule has 0 atom stereocenters. The summed E-state index contributed by atoms with van der Waals surface area (Å²) >= 11 is 6.87. The molecule has 2 N–H and O–H groups in total. The summed E-state index contributed by atoms with van der Waals surface area (Å²) < 4.78 is 62.3. The van der Waals surface area contributed by atoms with E-state index >= 15 is 0 Å². The molecule has 3 aromatic rings. The molecule has 2 aromatic heterocycles. The van der Waals surface area contributed by atoms with Gasteiger partial charge >= 0.3 is 6.61 Å². The molecule has 0 spiro atoms. The van der Waals surface area contributed by atoms with Gasteiger partial charge in [-0.2, -0.15) is 13.8 Å². The maximum atomic E-state index is 12.8. The van der Waals surface area contributed by atoms with E-state index < -0.39 is 16.6 Å². The van der Waals surface area contributed by atoms with Gasteiger partial charge in [0, 0.05) is 22.1 Å². The van der Waals surface area contributed by atoms with Crippen LogP contribution in [0.3, 0.4) is 0 Å². The number of aromatic nitrogens is 3. The lowest BCUT2D eigenvalue weighted by atomic mass is 10.2. The molecule has 0 saturated heterocycles. The van der Waals surface area contributed by atoms with Gasteiger partial charge in [0.2, 0.25) is 11.7 Å². The number of thioether (sulfide) groups is 1. The highest BCUT2D eigenvalue weighted by Crippen LogP contribution is 2.36. The number of sulfonamides is 1. The van der Waals surface area contributed by atoms with Crippen molar-refractivity contribution in [1.82, 2.24) is 15.0 Å². The molecule has 0 aliphatic carbocycles. The molecule has 8 nitrogen and oxygen atoms in total. The Labute approximate surface area is 167 Å². The van der Waals surface area contributed by atoms with Crippen LogP contribution in [-0.2, 0) is 10.0 Å². The first kappa shape index (κ1) is 20.4. The van der Waals surface area contributed by atoms with E-state index in [0.717, 1.165) is 11.8 Å². The molecule has 150 valence electrons. The summed E-state index contributed by atoms with van der Waals surface area (Å²) in [5, 5.41) is 0.834. The Morgan fingerprint density at radius 1 is 1.32 bits per heavy atom. The van der Waals surface area contributed by atoms with Gasteiger partial charge in [-0.05, 0) is 24.5 Å². The van der Waals surface area contributed by atoms with E-state index in [0.29, 0.717) is 15.9 Å². The van der Waals surface area contributed by atoms with Crippen LogP contribution in [0.5, 0.6) is 11.6 Å². The van der Waals surface area contributed by atoms with Crippen LogP contribution in [0.15, 0.2) is 34.3 Å². The average Bonchev–Trinajstić information content (AvgIpc) is 3.05. The fourth-order valence-electron chi connectivity index (χ4n) is 2.39. The first-order valence-electron chi connectivity index (χ1n) is 7.49. The smallest absolute Gasteiger partial charge is 0.387 e. The Morgan fingerprint density at radius 3 is 2.71 bits per heavy atom. The standard InChI is InChI=1S/C15H13ClF2N4O4S2/c1-25-12-11(26-14(17)18)13(27-2)21-15(20-12)22-28(23,24)10-6-19-9-5-7(16)3-4-8(9)10/h3-6,14,19H,1-2H3,(H,20,21,22). The molecule has 0 amide bonds. The molecule has 3 rings (SSSR count). The largest absolute Gasteiger partial charge is 0.478 e. The van der Waals surface area contributed by atoms with Crippen molar-refractivity contribution in [3.05, 3.63) is 29.4 Å². The van der Waals surface area contributed by atoms with E-state index in [1.807, 2.05) is 0 Å². The predicted octanol–water partition coefficient (Wildman–Crippen LogP) is 3.74. The third-order valence-corrected chi connectivity index (χ3v) is 5.78. The van der Waals surface area contributed by atoms with Crippen LogP contribution >= 0.6 is 23.4 Å². The SMILES string of the molecule is COc1nc(NS(=O)(=O)c2c[nH]c3cc(Cl)ccc23)nc(SC)c1OC(F)F. The van der Waals surface area contributed by atoms with Gasteiger partial charge in [-0.25, -0.2) is 18.1 Å². The zero-order chi connectivity index (χ0) is 20.5. The molecule has 0 fully saturated rings. The van der Waals surface area contributed by atoms with Crippen LogP contribution < -0.4 is 14.2 Å². The second-order valence-corrected chi connectivity index (χ2v) is 8.10. The third kappa shape index (κ3) is 4.08. The monoisotopic (exact) mass is 450 g/mol. The van der Waals surface area contributed by atoms with Gasteiger partial charge in [-0.15, -0.1) is 11.8 Å². The van der Waals surface area contributed by atoms with E-state index in [2.05, 4.69) is 24.4 Å². The number of hydrogen-bond acceptors (Lipinski definition) is 7. The van der Waals surface area contributed by atoms with E-state index in [-0.39, 0.29) is 27.5 Å². The number of rotatable bonds is 7. The Balaban J connectivity index is 2.01. The van der Waals surface area contributed by atoms with E-state index in [4.69, 9.17) is 16.3 Å². The minimum atomic E-state index is -4.10. The number of nitrogens with one attached hydrogen (secondary N) is 2. The van der Waals surface area contributed by atoms with Crippen molar-refractivity contribution in [2.45, 2.75) is 16.5 Å². The molecule has 13 heteroatoms. The summed E-state index contributed by atoms with van der Waals surface area (Å²) in [6.07, 6.45) is 2.85. The Kier molecular flexibility index (Phi) is 5.82. The number of anilines is 1. The zero-order valence-electron chi connectivity index (χ0n) is 14.4. The van der Waals surface area contributed by atoms with Gasteiger partial charge in [0.1, 0.15) is 9.92 Å². The van der Waals surface area contributed by atoms with Gasteiger partial charge in [0.15, 0.2) is 0 Å². The van der Waals surface area contributed by atoms with Gasteiger partial charge < -0.3 is 14.5 Å². The second kappa shape index (κ2) is 7.97. The fourth-order valence-corrected chi connectivity index (χ4v) is 4.19. The highest BCUT2D eigenvalue weighted by atomic mass is 35.5. The Bertz CT molecular complexity index is 1100. The van der Waals surface area contributed by atoms with Crippen molar-refractivity contribution < 1.29 is 26.7 Å². The van der Waals surface area contributed by atoms with Crippen LogP contribution in [0, 0.1) is 0 Å². The maximum Gasteiger partial charge on any atom is 0.387 e. The highest BCUT2D eigenvalue weighted by molar-refractivity contribution is 7.98. The number of methoxy groups -OCH3 is 1. The summed E-state index contributed by atoms with van der Waals surface area (Å²) in [7, 11) is -2.91. The van der Waals surface area contributed by atoms with Crippen molar-refractivity contribution in [1.29, 1.82) is 0 Å². The predicted molar refractivity (Wildman–Crippen MR) is 101 cm³/mol. The van der Waals surface area contributed by atoms with Crippen LogP contribution in [0.2, 0.25) is 5.02 Å². The summed E-state index contributed by atoms with van der Waals surface area (Å²) in [6.45, 7) is -3.12. The number of alkyl halides is 2.